The summed E-state index contributed by atoms with van der Waals surface area (Å²) in [7, 11) is 0. The monoisotopic (exact) mass is 223 g/mol. The highest BCUT2D eigenvalue weighted by Gasteiger charge is 2.11. The molecule has 0 spiro atoms. The first-order chi connectivity index (χ1) is 7.69. The molecule has 1 rings (SSSR count). The van der Waals surface area contributed by atoms with E-state index < -0.39 is 0 Å². The number of hydrogen-bond donors (Lipinski definition) is 1. The van der Waals surface area contributed by atoms with E-state index in [9.17, 15) is 4.39 Å². The van der Waals surface area contributed by atoms with Gasteiger partial charge in [-0.3, -0.25) is 0 Å². The quantitative estimate of drug-likeness (QED) is 0.780. The normalized spacial score (nSPS) is 12.8. The predicted molar refractivity (Wildman–Crippen MR) is 67.1 cm³/mol. The Labute approximate surface area is 97.9 Å². The van der Waals surface area contributed by atoms with Gasteiger partial charge in [0.15, 0.2) is 0 Å². The maximum atomic E-state index is 13.2. The van der Waals surface area contributed by atoms with E-state index in [-0.39, 0.29) is 5.82 Å². The Balaban J connectivity index is 2.78. The SMILES string of the molecule is CCCC(CCCN)c1ccc(F)c(C)c1. The molecule has 1 atom stereocenters. The third kappa shape index (κ3) is 3.60. The van der Waals surface area contributed by atoms with Gasteiger partial charge < -0.3 is 5.73 Å². The summed E-state index contributed by atoms with van der Waals surface area (Å²) in [6.45, 7) is 4.75. The van der Waals surface area contributed by atoms with Crippen molar-refractivity contribution in [1.82, 2.24) is 0 Å². The molecule has 90 valence electrons. The maximum Gasteiger partial charge on any atom is 0.126 e. The minimum absolute atomic E-state index is 0.113. The van der Waals surface area contributed by atoms with Crippen LogP contribution in [0.25, 0.3) is 0 Å². The first-order valence-electron chi connectivity index (χ1n) is 6.15. The molecule has 1 aromatic rings. The van der Waals surface area contributed by atoms with Crippen LogP contribution in [0.5, 0.6) is 0 Å². The van der Waals surface area contributed by atoms with Crippen LogP contribution in [0.1, 0.15) is 49.7 Å². The van der Waals surface area contributed by atoms with Crippen LogP contribution >= 0.6 is 0 Å². The molecule has 0 saturated carbocycles. The molecule has 2 N–H and O–H groups in total. The molecule has 0 heterocycles. The van der Waals surface area contributed by atoms with E-state index in [1.165, 1.54) is 5.56 Å². The van der Waals surface area contributed by atoms with Crippen molar-refractivity contribution >= 4 is 0 Å². The van der Waals surface area contributed by atoms with Crippen LogP contribution in [-0.2, 0) is 0 Å². The largest absolute Gasteiger partial charge is 0.330 e. The second-order valence-corrected chi connectivity index (χ2v) is 4.43. The van der Waals surface area contributed by atoms with Gasteiger partial charge in [0.05, 0.1) is 0 Å². The number of rotatable bonds is 6. The lowest BCUT2D eigenvalue weighted by molar-refractivity contribution is 0.546. The number of benzene rings is 1. The fourth-order valence-corrected chi connectivity index (χ4v) is 2.11. The first kappa shape index (κ1) is 13.2. The lowest BCUT2D eigenvalue weighted by Gasteiger charge is -2.17. The van der Waals surface area contributed by atoms with Gasteiger partial charge in [0.2, 0.25) is 0 Å². The third-order valence-electron chi connectivity index (χ3n) is 3.05. The van der Waals surface area contributed by atoms with Gasteiger partial charge in [-0.15, -0.1) is 0 Å². The van der Waals surface area contributed by atoms with E-state index in [2.05, 4.69) is 6.92 Å². The summed E-state index contributed by atoms with van der Waals surface area (Å²) in [5, 5.41) is 0. The highest BCUT2D eigenvalue weighted by atomic mass is 19.1. The van der Waals surface area contributed by atoms with Crippen molar-refractivity contribution < 1.29 is 4.39 Å². The molecule has 0 aromatic heterocycles. The molecule has 0 radical (unpaired) electrons. The van der Waals surface area contributed by atoms with E-state index in [1.807, 2.05) is 19.1 Å². The molecule has 0 aliphatic heterocycles. The summed E-state index contributed by atoms with van der Waals surface area (Å²) in [5.41, 5.74) is 7.55. The van der Waals surface area contributed by atoms with Crippen LogP contribution in [0.2, 0.25) is 0 Å². The van der Waals surface area contributed by atoms with Crippen LogP contribution in [0.3, 0.4) is 0 Å². The van der Waals surface area contributed by atoms with Crippen LogP contribution < -0.4 is 5.73 Å². The summed E-state index contributed by atoms with van der Waals surface area (Å²) in [5.74, 6) is 0.422. The highest BCUT2D eigenvalue weighted by Crippen LogP contribution is 2.27. The molecular formula is C14H22FN. The van der Waals surface area contributed by atoms with Gasteiger partial charge in [-0.05, 0) is 55.8 Å². The molecule has 1 nitrogen and oxygen atoms in total. The van der Waals surface area contributed by atoms with Crippen LogP contribution in [-0.4, -0.2) is 6.54 Å². The van der Waals surface area contributed by atoms with E-state index in [4.69, 9.17) is 5.73 Å². The molecule has 2 heteroatoms. The zero-order chi connectivity index (χ0) is 12.0. The minimum Gasteiger partial charge on any atom is -0.330 e. The van der Waals surface area contributed by atoms with Crippen molar-refractivity contribution in [1.29, 1.82) is 0 Å². The van der Waals surface area contributed by atoms with Crippen LogP contribution in [0.15, 0.2) is 18.2 Å². The van der Waals surface area contributed by atoms with Gasteiger partial charge in [-0.25, -0.2) is 4.39 Å². The van der Waals surface area contributed by atoms with Crippen molar-refractivity contribution in [2.75, 3.05) is 6.54 Å². The molecule has 0 bridgehead atoms. The van der Waals surface area contributed by atoms with Crippen LogP contribution in [0, 0.1) is 12.7 Å². The Morgan fingerprint density at radius 3 is 2.62 bits per heavy atom. The summed E-state index contributed by atoms with van der Waals surface area (Å²) in [6.07, 6.45) is 4.47. The highest BCUT2D eigenvalue weighted by molar-refractivity contribution is 5.26. The second-order valence-electron chi connectivity index (χ2n) is 4.43. The Hall–Kier alpha value is -0.890. The molecule has 0 fully saturated rings. The average Bonchev–Trinajstić information content (AvgIpc) is 2.28. The Morgan fingerprint density at radius 2 is 2.06 bits per heavy atom. The zero-order valence-corrected chi connectivity index (χ0v) is 10.3. The van der Waals surface area contributed by atoms with Gasteiger partial charge in [-0.2, -0.15) is 0 Å². The molecular weight excluding hydrogens is 201 g/mol. The van der Waals surface area contributed by atoms with E-state index in [0.29, 0.717) is 5.92 Å². The molecule has 1 aromatic carbocycles. The lowest BCUT2D eigenvalue weighted by Crippen LogP contribution is -2.05. The summed E-state index contributed by atoms with van der Waals surface area (Å²) in [4.78, 5) is 0. The molecule has 0 amide bonds. The fourth-order valence-electron chi connectivity index (χ4n) is 2.11. The first-order valence-corrected chi connectivity index (χ1v) is 6.15. The van der Waals surface area contributed by atoms with Gasteiger partial charge in [-0.1, -0.05) is 25.5 Å². The van der Waals surface area contributed by atoms with Crippen molar-refractivity contribution in [3.63, 3.8) is 0 Å². The molecule has 0 saturated heterocycles. The topological polar surface area (TPSA) is 26.0 Å². The third-order valence-corrected chi connectivity index (χ3v) is 3.05. The van der Waals surface area contributed by atoms with Gasteiger partial charge in [0, 0.05) is 0 Å². The van der Waals surface area contributed by atoms with E-state index >= 15 is 0 Å². The molecule has 0 aliphatic rings. The summed E-state index contributed by atoms with van der Waals surface area (Å²) >= 11 is 0. The standard InChI is InChI=1S/C14H22FN/c1-3-5-12(6-4-9-16)13-7-8-14(15)11(2)10-13/h7-8,10,12H,3-6,9,16H2,1-2H3. The maximum absolute atomic E-state index is 13.2. The summed E-state index contributed by atoms with van der Waals surface area (Å²) < 4.78 is 13.2. The number of halogens is 1. The van der Waals surface area contributed by atoms with Crippen molar-refractivity contribution in [3.05, 3.63) is 35.1 Å². The second kappa shape index (κ2) is 6.64. The number of aryl methyl sites for hydroxylation is 1. The lowest BCUT2D eigenvalue weighted by atomic mass is 9.89. The Morgan fingerprint density at radius 1 is 1.31 bits per heavy atom. The van der Waals surface area contributed by atoms with Gasteiger partial charge in [0.1, 0.15) is 5.82 Å². The van der Waals surface area contributed by atoms with Gasteiger partial charge >= 0.3 is 0 Å². The van der Waals surface area contributed by atoms with Crippen molar-refractivity contribution in [2.24, 2.45) is 5.73 Å². The minimum atomic E-state index is -0.113. The van der Waals surface area contributed by atoms with E-state index in [0.717, 1.165) is 37.8 Å². The number of nitrogens with two attached hydrogens (primary N) is 1. The average molecular weight is 223 g/mol. The molecule has 0 aliphatic carbocycles. The van der Waals surface area contributed by atoms with E-state index in [1.54, 1.807) is 6.07 Å². The molecule has 1 unspecified atom stereocenters. The van der Waals surface area contributed by atoms with Crippen molar-refractivity contribution in [2.45, 2.75) is 45.4 Å². The smallest absolute Gasteiger partial charge is 0.126 e. The van der Waals surface area contributed by atoms with Crippen LogP contribution in [0.4, 0.5) is 4.39 Å². The summed E-state index contributed by atoms with van der Waals surface area (Å²) in [6, 6.07) is 5.47. The van der Waals surface area contributed by atoms with Crippen molar-refractivity contribution in [3.8, 4) is 0 Å². The fraction of sp³-hybridized carbons (Fsp3) is 0.571. The Bertz CT molecular complexity index is 323. The molecule has 16 heavy (non-hydrogen) atoms. The predicted octanol–water partition coefficient (Wildman–Crippen LogP) is 3.76. The van der Waals surface area contributed by atoms with Gasteiger partial charge in [0.25, 0.3) is 0 Å². The zero-order valence-electron chi connectivity index (χ0n) is 10.3. The number of hydrogen-bond acceptors (Lipinski definition) is 1. The Kier molecular flexibility index (Phi) is 5.47.